The Kier molecular flexibility index (Phi) is 6.54. The fourth-order valence-corrected chi connectivity index (χ4v) is 5.33. The molecule has 36 heavy (non-hydrogen) atoms. The van der Waals surface area contributed by atoms with Crippen LogP contribution in [0.5, 0.6) is 0 Å². The predicted octanol–water partition coefficient (Wildman–Crippen LogP) is 6.83. The van der Waals surface area contributed by atoms with Gasteiger partial charge in [0.1, 0.15) is 17.3 Å². The highest BCUT2D eigenvalue weighted by Crippen LogP contribution is 2.47. The van der Waals surface area contributed by atoms with E-state index in [1.54, 1.807) is 31.2 Å². The second-order valence-corrected chi connectivity index (χ2v) is 9.58. The van der Waals surface area contributed by atoms with Gasteiger partial charge >= 0.3 is 0 Å². The van der Waals surface area contributed by atoms with E-state index in [2.05, 4.69) is 5.32 Å². The minimum Gasteiger partial charge on any atom is -0.321 e. The Balaban J connectivity index is 1.57. The van der Waals surface area contributed by atoms with Crippen LogP contribution in [0.3, 0.4) is 0 Å². The summed E-state index contributed by atoms with van der Waals surface area (Å²) in [5.41, 5.74) is 2.85. The molecular weight excluding hydrogens is 482 g/mol. The molecule has 3 atom stereocenters. The molecule has 0 saturated heterocycles. The topological polar surface area (TPSA) is 58.5 Å². The van der Waals surface area contributed by atoms with Gasteiger partial charge in [-0.3, -0.25) is 14.6 Å². The summed E-state index contributed by atoms with van der Waals surface area (Å²) in [5.74, 6) is -4.08. The number of Topliss-reactive ketones (excluding diaryl/α,β-unsaturated/α-hetero) is 1. The van der Waals surface area contributed by atoms with Crippen LogP contribution in [0.4, 0.5) is 14.5 Å². The number of ketones is 1. The highest BCUT2D eigenvalue weighted by molar-refractivity contribution is 6.30. The summed E-state index contributed by atoms with van der Waals surface area (Å²) in [4.78, 5) is 31.8. The average Bonchev–Trinajstić information content (AvgIpc) is 2.86. The van der Waals surface area contributed by atoms with Gasteiger partial charge in [-0.1, -0.05) is 60.1 Å². The number of allylic oxidation sites excluding steroid dienone is 2. The van der Waals surface area contributed by atoms with Gasteiger partial charge in [-0.25, -0.2) is 8.78 Å². The average molecular weight is 505 g/mol. The SMILES string of the molecule is CC1=NC2=C(C(=O)C[C@@H](c3ccccc3)C2)[C@H](c2ccc(Cl)cc2)C1C(=O)Nc1c(F)cccc1F. The summed E-state index contributed by atoms with van der Waals surface area (Å²) in [6, 6.07) is 20.1. The number of aliphatic imine (C=N–C) groups is 1. The van der Waals surface area contributed by atoms with E-state index in [9.17, 15) is 18.4 Å². The van der Waals surface area contributed by atoms with Gasteiger partial charge in [0.05, 0.1) is 5.92 Å². The first kappa shape index (κ1) is 24.1. The van der Waals surface area contributed by atoms with Crippen molar-refractivity contribution in [3.63, 3.8) is 0 Å². The maximum absolute atomic E-state index is 14.3. The molecule has 1 aliphatic heterocycles. The van der Waals surface area contributed by atoms with Gasteiger partial charge in [-0.05, 0) is 54.7 Å². The number of nitrogens with one attached hydrogen (secondary N) is 1. The number of hydrogen-bond donors (Lipinski definition) is 1. The summed E-state index contributed by atoms with van der Waals surface area (Å²) in [7, 11) is 0. The molecule has 1 unspecified atom stereocenters. The van der Waals surface area contributed by atoms with E-state index >= 15 is 0 Å². The van der Waals surface area contributed by atoms with Crippen LogP contribution in [0, 0.1) is 17.6 Å². The molecule has 0 radical (unpaired) electrons. The Morgan fingerprint density at radius 2 is 1.58 bits per heavy atom. The smallest absolute Gasteiger partial charge is 0.234 e. The van der Waals surface area contributed by atoms with Crippen LogP contribution in [0.25, 0.3) is 0 Å². The fourth-order valence-electron chi connectivity index (χ4n) is 5.21. The lowest BCUT2D eigenvalue weighted by molar-refractivity contribution is -0.119. The number of nitrogens with zero attached hydrogens (tertiary/aromatic N) is 1. The molecule has 3 aromatic rings. The predicted molar refractivity (Wildman–Crippen MR) is 136 cm³/mol. The second kappa shape index (κ2) is 9.78. The van der Waals surface area contributed by atoms with Gasteiger partial charge in [0.25, 0.3) is 0 Å². The lowest BCUT2D eigenvalue weighted by atomic mass is 9.69. The first-order valence-corrected chi connectivity index (χ1v) is 12.1. The molecule has 1 heterocycles. The lowest BCUT2D eigenvalue weighted by Gasteiger charge is -2.37. The number of rotatable bonds is 4. The molecule has 1 amide bonds. The van der Waals surface area contributed by atoms with E-state index < -0.39 is 35.1 Å². The second-order valence-electron chi connectivity index (χ2n) is 9.15. The van der Waals surface area contributed by atoms with Gasteiger partial charge in [0.15, 0.2) is 5.78 Å². The van der Waals surface area contributed by atoms with Crippen LogP contribution in [0.1, 0.15) is 42.7 Å². The van der Waals surface area contributed by atoms with Crippen molar-refractivity contribution in [2.45, 2.75) is 31.6 Å². The van der Waals surface area contributed by atoms with Crippen molar-refractivity contribution < 1.29 is 18.4 Å². The Morgan fingerprint density at radius 3 is 2.25 bits per heavy atom. The van der Waals surface area contributed by atoms with Crippen molar-refractivity contribution in [1.82, 2.24) is 0 Å². The standard InChI is InChI=1S/C29H23ClF2N2O2/c1-16-25(29(36)34-28-21(31)8-5-9-22(28)32)26(18-10-12-20(30)13-11-18)27-23(33-16)14-19(15-24(27)35)17-6-3-2-4-7-17/h2-13,19,25-26H,14-15H2,1H3,(H,34,36)/t19-,25?,26+/m0/s1. The van der Waals surface area contributed by atoms with Gasteiger partial charge < -0.3 is 5.32 Å². The number of carbonyl (C=O) groups excluding carboxylic acids is 2. The molecule has 4 nitrogen and oxygen atoms in total. The summed E-state index contributed by atoms with van der Waals surface area (Å²) < 4.78 is 28.6. The quantitative estimate of drug-likeness (QED) is 0.423. The number of anilines is 1. The van der Waals surface area contributed by atoms with Crippen molar-refractivity contribution in [2.75, 3.05) is 5.32 Å². The van der Waals surface area contributed by atoms with Crippen molar-refractivity contribution in [1.29, 1.82) is 0 Å². The zero-order chi connectivity index (χ0) is 25.4. The molecule has 5 rings (SSSR count). The Hall–Kier alpha value is -3.64. The van der Waals surface area contributed by atoms with E-state index in [0.717, 1.165) is 17.7 Å². The summed E-state index contributed by atoms with van der Waals surface area (Å²) >= 11 is 6.11. The molecule has 0 fully saturated rings. The number of amides is 1. The Bertz CT molecular complexity index is 1380. The third kappa shape index (κ3) is 4.49. The number of carbonyl (C=O) groups is 2. The molecule has 1 N–H and O–H groups in total. The lowest BCUT2D eigenvalue weighted by Crippen LogP contribution is -2.40. The third-order valence-corrected chi connectivity index (χ3v) is 7.13. The van der Waals surface area contributed by atoms with Crippen LogP contribution in [0.2, 0.25) is 5.02 Å². The monoisotopic (exact) mass is 504 g/mol. The van der Waals surface area contributed by atoms with Crippen LogP contribution in [-0.4, -0.2) is 17.4 Å². The van der Waals surface area contributed by atoms with E-state index in [1.807, 2.05) is 30.3 Å². The number of halogens is 3. The van der Waals surface area contributed by atoms with Gasteiger partial charge in [-0.2, -0.15) is 0 Å². The minimum absolute atomic E-state index is 0.0160. The zero-order valence-corrected chi connectivity index (χ0v) is 20.2. The molecule has 182 valence electrons. The highest BCUT2D eigenvalue weighted by atomic mass is 35.5. The molecular formula is C29H23ClF2N2O2. The first-order valence-electron chi connectivity index (χ1n) is 11.7. The van der Waals surface area contributed by atoms with Crippen LogP contribution in [-0.2, 0) is 9.59 Å². The molecule has 2 aliphatic rings. The van der Waals surface area contributed by atoms with Crippen molar-refractivity contribution in [2.24, 2.45) is 10.9 Å². The number of benzene rings is 3. The van der Waals surface area contributed by atoms with Crippen molar-refractivity contribution >= 4 is 34.7 Å². The molecule has 0 spiro atoms. The molecule has 0 saturated carbocycles. The molecule has 7 heteroatoms. The zero-order valence-electron chi connectivity index (χ0n) is 19.5. The van der Waals surface area contributed by atoms with Crippen LogP contribution in [0.15, 0.2) is 89.1 Å². The fraction of sp³-hybridized carbons (Fsp3) is 0.207. The molecule has 0 aromatic heterocycles. The van der Waals surface area contributed by atoms with Gasteiger partial charge in [0, 0.05) is 34.3 Å². The number of hydrogen-bond acceptors (Lipinski definition) is 3. The van der Waals surface area contributed by atoms with Crippen LogP contribution < -0.4 is 5.32 Å². The van der Waals surface area contributed by atoms with Crippen molar-refractivity contribution in [3.05, 3.63) is 112 Å². The maximum atomic E-state index is 14.3. The highest BCUT2D eigenvalue weighted by Gasteiger charge is 2.44. The van der Waals surface area contributed by atoms with E-state index in [0.29, 0.717) is 34.0 Å². The number of para-hydroxylation sites is 1. The Morgan fingerprint density at radius 1 is 0.917 bits per heavy atom. The normalized spacial score (nSPS) is 21.6. The summed E-state index contributed by atoms with van der Waals surface area (Å²) in [6.07, 6.45) is 0.848. The summed E-state index contributed by atoms with van der Waals surface area (Å²) in [6.45, 7) is 1.71. The maximum Gasteiger partial charge on any atom is 0.234 e. The molecule has 1 aliphatic carbocycles. The van der Waals surface area contributed by atoms with Crippen molar-refractivity contribution in [3.8, 4) is 0 Å². The van der Waals surface area contributed by atoms with Gasteiger partial charge in [-0.15, -0.1) is 0 Å². The van der Waals surface area contributed by atoms with E-state index in [1.165, 1.54) is 6.07 Å². The van der Waals surface area contributed by atoms with E-state index in [4.69, 9.17) is 16.6 Å². The minimum atomic E-state index is -0.929. The molecule has 0 bridgehead atoms. The van der Waals surface area contributed by atoms with Gasteiger partial charge in [0.2, 0.25) is 5.91 Å². The third-order valence-electron chi connectivity index (χ3n) is 6.88. The first-order chi connectivity index (χ1) is 17.3. The van der Waals surface area contributed by atoms with Crippen LogP contribution >= 0.6 is 11.6 Å². The summed E-state index contributed by atoms with van der Waals surface area (Å²) in [5, 5.41) is 2.92. The largest absolute Gasteiger partial charge is 0.321 e. The molecule has 3 aromatic carbocycles. The van der Waals surface area contributed by atoms with E-state index in [-0.39, 0.29) is 18.1 Å². The Labute approximate surface area is 212 Å².